The minimum Gasteiger partial charge on any atom is -0.481 e. The van der Waals surface area contributed by atoms with E-state index in [2.05, 4.69) is 10.6 Å². The average Bonchev–Trinajstić information content (AvgIpc) is 2.33. The van der Waals surface area contributed by atoms with Crippen LogP contribution in [0.15, 0.2) is 0 Å². The fourth-order valence-electron chi connectivity index (χ4n) is 1.85. The number of aliphatic carboxylic acids is 1. The number of hydrogen-bond acceptors (Lipinski definition) is 3. The van der Waals surface area contributed by atoms with Crippen LogP contribution in [0.3, 0.4) is 0 Å². The van der Waals surface area contributed by atoms with Crippen molar-refractivity contribution in [1.82, 2.24) is 15.5 Å². The predicted molar refractivity (Wildman–Crippen MR) is 68.6 cm³/mol. The van der Waals surface area contributed by atoms with Gasteiger partial charge in [-0.2, -0.15) is 0 Å². The van der Waals surface area contributed by atoms with E-state index in [4.69, 9.17) is 5.11 Å². The molecule has 7 heteroatoms. The number of likely N-dealkylation sites (N-methyl/N-ethyl adjacent to an activating group) is 1. The van der Waals surface area contributed by atoms with Gasteiger partial charge in [-0.25, -0.2) is 4.79 Å². The molecule has 0 aromatic carbocycles. The van der Waals surface area contributed by atoms with E-state index in [1.54, 1.807) is 7.05 Å². The first-order valence-corrected chi connectivity index (χ1v) is 6.40. The van der Waals surface area contributed by atoms with E-state index in [9.17, 15) is 14.4 Å². The van der Waals surface area contributed by atoms with Gasteiger partial charge in [0, 0.05) is 20.1 Å². The van der Waals surface area contributed by atoms with Crippen molar-refractivity contribution in [3.05, 3.63) is 0 Å². The van der Waals surface area contributed by atoms with Gasteiger partial charge in [-0.3, -0.25) is 9.59 Å². The monoisotopic (exact) mass is 271 g/mol. The van der Waals surface area contributed by atoms with Crippen LogP contribution in [-0.2, 0) is 9.59 Å². The van der Waals surface area contributed by atoms with Crippen molar-refractivity contribution >= 4 is 17.9 Å². The van der Waals surface area contributed by atoms with Crippen molar-refractivity contribution < 1.29 is 19.5 Å². The van der Waals surface area contributed by atoms with Gasteiger partial charge in [0.2, 0.25) is 5.91 Å². The summed E-state index contributed by atoms with van der Waals surface area (Å²) in [6, 6.07) is -0.509. The Morgan fingerprint density at radius 1 is 1.26 bits per heavy atom. The van der Waals surface area contributed by atoms with E-state index in [0.29, 0.717) is 19.4 Å². The Balaban J connectivity index is 2.28. The third kappa shape index (κ3) is 3.84. The van der Waals surface area contributed by atoms with Gasteiger partial charge in [0.25, 0.3) is 0 Å². The zero-order valence-electron chi connectivity index (χ0n) is 11.4. The van der Waals surface area contributed by atoms with Gasteiger partial charge in [-0.05, 0) is 19.8 Å². The van der Waals surface area contributed by atoms with Crippen LogP contribution in [0.5, 0.6) is 0 Å². The molecule has 1 fully saturated rings. The van der Waals surface area contributed by atoms with E-state index < -0.39 is 17.4 Å². The number of nitrogens with zero attached hydrogens (tertiary/aromatic N) is 1. The Morgan fingerprint density at radius 3 is 2.32 bits per heavy atom. The van der Waals surface area contributed by atoms with Crippen molar-refractivity contribution in [2.75, 3.05) is 26.7 Å². The zero-order chi connectivity index (χ0) is 14.5. The molecule has 0 radical (unpaired) electrons. The van der Waals surface area contributed by atoms with Gasteiger partial charge < -0.3 is 20.6 Å². The highest BCUT2D eigenvalue weighted by atomic mass is 16.4. The third-order valence-electron chi connectivity index (χ3n) is 3.65. The Morgan fingerprint density at radius 2 is 1.89 bits per heavy atom. The maximum atomic E-state index is 11.5. The Bertz CT molecular complexity index is 366. The number of hydrogen-bond donors (Lipinski definition) is 3. The fraction of sp³-hybridized carbons (Fsp3) is 0.750. The van der Waals surface area contributed by atoms with Crippen molar-refractivity contribution in [3.8, 4) is 0 Å². The average molecular weight is 271 g/mol. The lowest BCUT2D eigenvalue weighted by Crippen LogP contribution is -2.50. The lowest BCUT2D eigenvalue weighted by atomic mass is 9.69. The molecule has 1 aliphatic rings. The second-order valence-corrected chi connectivity index (χ2v) is 4.88. The molecule has 1 aliphatic carbocycles. The van der Waals surface area contributed by atoms with E-state index >= 15 is 0 Å². The number of urea groups is 1. The molecule has 3 amide bonds. The predicted octanol–water partition coefficient (Wildman–Crippen LogP) is 0.0188. The maximum absolute atomic E-state index is 11.5. The molecule has 1 rings (SSSR count). The summed E-state index contributed by atoms with van der Waals surface area (Å²) < 4.78 is 0. The van der Waals surface area contributed by atoms with Crippen LogP contribution in [0, 0.1) is 5.41 Å². The molecule has 0 spiro atoms. The summed E-state index contributed by atoms with van der Waals surface area (Å²) in [5, 5.41) is 14.0. The third-order valence-corrected chi connectivity index (χ3v) is 3.65. The molecular weight excluding hydrogens is 250 g/mol. The standard InChI is InChI=1S/C12H21N3O4/c1-3-15(2)9(16)7-13-11(19)14-8-12(10(17)18)5-4-6-12/h3-8H2,1-2H3,(H,17,18)(H2,13,14,19). The molecule has 0 aromatic rings. The summed E-state index contributed by atoms with van der Waals surface area (Å²) in [6.07, 6.45) is 2.04. The Labute approximate surface area is 112 Å². The Kier molecular flexibility index (Phi) is 5.14. The summed E-state index contributed by atoms with van der Waals surface area (Å²) in [6.45, 7) is 2.43. The number of nitrogens with one attached hydrogen (secondary N) is 2. The summed E-state index contributed by atoms with van der Waals surface area (Å²) in [5.41, 5.74) is -0.818. The molecule has 0 aromatic heterocycles. The van der Waals surface area contributed by atoms with E-state index in [0.717, 1.165) is 6.42 Å². The highest BCUT2D eigenvalue weighted by Gasteiger charge is 2.44. The number of carboxylic acid groups (broad SMARTS) is 1. The van der Waals surface area contributed by atoms with Crippen LogP contribution < -0.4 is 10.6 Å². The minimum absolute atomic E-state index is 0.0871. The summed E-state index contributed by atoms with van der Waals surface area (Å²) in [7, 11) is 1.65. The minimum atomic E-state index is -0.874. The molecule has 0 bridgehead atoms. The van der Waals surface area contributed by atoms with Gasteiger partial charge in [0.1, 0.15) is 0 Å². The molecule has 7 nitrogen and oxygen atoms in total. The summed E-state index contributed by atoms with van der Waals surface area (Å²) in [5.74, 6) is -1.06. The Hall–Kier alpha value is -1.79. The molecule has 3 N–H and O–H groups in total. The summed E-state index contributed by atoms with van der Waals surface area (Å²) in [4.78, 5) is 35.5. The first-order chi connectivity index (χ1) is 8.91. The van der Waals surface area contributed by atoms with E-state index in [1.165, 1.54) is 4.90 Å². The molecule has 1 saturated carbocycles. The lowest BCUT2D eigenvalue weighted by molar-refractivity contribution is -0.153. The van der Waals surface area contributed by atoms with Crippen LogP contribution in [0.2, 0.25) is 0 Å². The molecule has 0 atom stereocenters. The highest BCUT2D eigenvalue weighted by Crippen LogP contribution is 2.40. The van der Waals surface area contributed by atoms with Gasteiger partial charge >= 0.3 is 12.0 Å². The summed E-state index contributed by atoms with van der Waals surface area (Å²) >= 11 is 0. The van der Waals surface area contributed by atoms with E-state index in [-0.39, 0.29) is 19.0 Å². The van der Waals surface area contributed by atoms with Crippen molar-refractivity contribution in [1.29, 1.82) is 0 Å². The normalized spacial score (nSPS) is 16.1. The quantitative estimate of drug-likeness (QED) is 0.634. The fourth-order valence-corrected chi connectivity index (χ4v) is 1.85. The number of rotatable bonds is 6. The van der Waals surface area contributed by atoms with Crippen molar-refractivity contribution in [2.24, 2.45) is 5.41 Å². The molecule has 19 heavy (non-hydrogen) atoms. The number of amides is 3. The van der Waals surface area contributed by atoms with Crippen LogP contribution in [0.25, 0.3) is 0 Å². The number of carbonyl (C=O) groups is 3. The lowest BCUT2D eigenvalue weighted by Gasteiger charge is -2.37. The van der Waals surface area contributed by atoms with Crippen LogP contribution in [-0.4, -0.2) is 54.6 Å². The van der Waals surface area contributed by atoms with Gasteiger partial charge in [-0.1, -0.05) is 6.42 Å². The maximum Gasteiger partial charge on any atom is 0.315 e. The van der Waals surface area contributed by atoms with Crippen molar-refractivity contribution in [3.63, 3.8) is 0 Å². The van der Waals surface area contributed by atoms with Gasteiger partial charge in [0.05, 0.1) is 12.0 Å². The topological polar surface area (TPSA) is 98.7 Å². The highest BCUT2D eigenvalue weighted by molar-refractivity contribution is 5.84. The van der Waals surface area contributed by atoms with Crippen LogP contribution >= 0.6 is 0 Å². The molecule has 0 unspecified atom stereocenters. The van der Waals surface area contributed by atoms with Crippen LogP contribution in [0.4, 0.5) is 4.79 Å². The second-order valence-electron chi connectivity index (χ2n) is 4.88. The second kappa shape index (κ2) is 6.40. The smallest absolute Gasteiger partial charge is 0.315 e. The molecule has 0 heterocycles. The van der Waals surface area contributed by atoms with Gasteiger partial charge in [0.15, 0.2) is 0 Å². The first-order valence-electron chi connectivity index (χ1n) is 6.40. The number of carboxylic acids is 1. The largest absolute Gasteiger partial charge is 0.481 e. The molecule has 108 valence electrons. The van der Waals surface area contributed by atoms with Gasteiger partial charge in [-0.15, -0.1) is 0 Å². The molecule has 0 aliphatic heterocycles. The number of carbonyl (C=O) groups excluding carboxylic acids is 2. The molecule has 0 saturated heterocycles. The molecular formula is C12H21N3O4. The van der Waals surface area contributed by atoms with Crippen LogP contribution in [0.1, 0.15) is 26.2 Å². The zero-order valence-corrected chi connectivity index (χ0v) is 11.4. The van der Waals surface area contributed by atoms with E-state index in [1.807, 2.05) is 6.92 Å². The SMILES string of the molecule is CCN(C)C(=O)CNC(=O)NCC1(C(=O)O)CCC1. The first kappa shape index (κ1) is 15.3. The van der Waals surface area contributed by atoms with Crippen molar-refractivity contribution in [2.45, 2.75) is 26.2 Å².